The number of nitrogens with zero attached hydrogens (tertiary/aromatic N) is 3. The second-order valence-corrected chi connectivity index (χ2v) is 12.6. The summed E-state index contributed by atoms with van der Waals surface area (Å²) in [6.07, 6.45) is 0.0884. The van der Waals surface area contributed by atoms with Gasteiger partial charge < -0.3 is 14.5 Å². The largest absolute Gasteiger partial charge is 0.463 e. The molecule has 0 bridgehead atoms. The first kappa shape index (κ1) is 33.2. The van der Waals surface area contributed by atoms with Gasteiger partial charge in [0.2, 0.25) is 5.91 Å². The summed E-state index contributed by atoms with van der Waals surface area (Å²) in [6, 6.07) is 35.9. The van der Waals surface area contributed by atoms with Gasteiger partial charge in [-0.25, -0.2) is 4.79 Å². The molecule has 0 N–H and O–H groups in total. The van der Waals surface area contributed by atoms with Crippen molar-refractivity contribution in [2.24, 2.45) is 0 Å². The van der Waals surface area contributed by atoms with Crippen molar-refractivity contribution in [2.75, 3.05) is 32.8 Å². The maximum absolute atomic E-state index is 13.8. The molecule has 0 aliphatic carbocycles. The van der Waals surface area contributed by atoms with Crippen LogP contribution < -0.4 is 0 Å². The van der Waals surface area contributed by atoms with Crippen LogP contribution in [0.1, 0.15) is 64.8 Å². The predicted molar refractivity (Wildman–Crippen MR) is 187 cm³/mol. The molecule has 2 aliphatic heterocycles. The molecule has 6 rings (SSSR count). The molecule has 7 nitrogen and oxygen atoms in total. The molecular weight excluding hydrogens is 622 g/mol. The molecule has 0 saturated carbocycles. The Balaban J connectivity index is 1.18. The van der Waals surface area contributed by atoms with Gasteiger partial charge in [-0.1, -0.05) is 103 Å². The van der Waals surface area contributed by atoms with Crippen LogP contribution in [0, 0.1) is 0 Å². The number of ether oxygens (including phenoxy) is 1. The molecule has 8 heteroatoms. The van der Waals surface area contributed by atoms with E-state index in [-0.39, 0.29) is 37.4 Å². The van der Waals surface area contributed by atoms with Crippen LogP contribution in [0.3, 0.4) is 0 Å². The van der Waals surface area contributed by atoms with E-state index in [1.54, 1.807) is 24.8 Å². The Bertz CT molecular complexity index is 1760. The summed E-state index contributed by atoms with van der Waals surface area (Å²) in [4.78, 5) is 46.6. The van der Waals surface area contributed by atoms with Crippen molar-refractivity contribution in [1.82, 2.24) is 14.7 Å². The van der Waals surface area contributed by atoms with E-state index in [2.05, 4.69) is 53.4 Å². The van der Waals surface area contributed by atoms with Gasteiger partial charge in [0.1, 0.15) is 0 Å². The maximum atomic E-state index is 13.8. The van der Waals surface area contributed by atoms with Crippen LogP contribution in [0.15, 0.2) is 120 Å². The number of hydrogen-bond donors (Lipinski definition) is 0. The van der Waals surface area contributed by atoms with E-state index in [0.29, 0.717) is 34.9 Å². The number of allylic oxidation sites excluding steroid dienone is 1. The predicted octanol–water partition coefficient (Wildman–Crippen LogP) is 7.24. The summed E-state index contributed by atoms with van der Waals surface area (Å²) in [7, 11) is 0. The zero-order chi connectivity index (χ0) is 33.6. The highest BCUT2D eigenvalue weighted by Gasteiger charge is 2.38. The van der Waals surface area contributed by atoms with Gasteiger partial charge in [-0.15, -0.1) is 0 Å². The Kier molecular flexibility index (Phi) is 10.4. The Hall–Kier alpha value is -4.72. The minimum atomic E-state index is -0.503. The smallest absolute Gasteiger partial charge is 0.336 e. The maximum Gasteiger partial charge on any atom is 0.336 e. The summed E-state index contributed by atoms with van der Waals surface area (Å²) >= 11 is 6.52. The van der Waals surface area contributed by atoms with E-state index in [9.17, 15) is 14.4 Å². The molecule has 0 unspecified atom stereocenters. The lowest BCUT2D eigenvalue weighted by Gasteiger charge is -2.40. The van der Waals surface area contributed by atoms with Gasteiger partial charge in [0.25, 0.3) is 5.91 Å². The summed E-state index contributed by atoms with van der Waals surface area (Å²) in [5.74, 6) is -1.11. The Morgan fingerprint density at radius 3 is 2.08 bits per heavy atom. The Labute approximate surface area is 287 Å². The quantitative estimate of drug-likeness (QED) is 0.177. The average Bonchev–Trinajstić information content (AvgIpc) is 3.11. The van der Waals surface area contributed by atoms with Crippen molar-refractivity contribution >= 4 is 29.4 Å². The molecule has 4 aromatic rings. The molecule has 246 valence electrons. The lowest BCUT2D eigenvalue weighted by atomic mass is 9.83. The van der Waals surface area contributed by atoms with E-state index >= 15 is 0 Å². The number of halogens is 1. The second kappa shape index (κ2) is 15.0. The van der Waals surface area contributed by atoms with E-state index in [1.165, 1.54) is 11.1 Å². The highest BCUT2D eigenvalue weighted by atomic mass is 35.5. The first-order valence-electron chi connectivity index (χ1n) is 16.5. The third-order valence-electron chi connectivity index (χ3n) is 9.31. The number of amides is 2. The van der Waals surface area contributed by atoms with Crippen molar-refractivity contribution in [3.8, 4) is 0 Å². The van der Waals surface area contributed by atoms with E-state index in [0.717, 1.165) is 24.2 Å². The fourth-order valence-corrected chi connectivity index (χ4v) is 7.20. The van der Waals surface area contributed by atoms with Crippen molar-refractivity contribution in [3.63, 3.8) is 0 Å². The summed E-state index contributed by atoms with van der Waals surface area (Å²) in [6.45, 7) is 6.70. The monoisotopic (exact) mass is 661 g/mol. The fourth-order valence-electron chi connectivity index (χ4n) is 6.94. The first-order chi connectivity index (χ1) is 23.4. The second-order valence-electron chi connectivity index (χ2n) is 12.2. The number of rotatable bonds is 9. The zero-order valence-electron chi connectivity index (χ0n) is 27.3. The molecule has 2 amide bonds. The van der Waals surface area contributed by atoms with Crippen molar-refractivity contribution < 1.29 is 19.1 Å². The van der Waals surface area contributed by atoms with Crippen molar-refractivity contribution in [2.45, 2.75) is 38.8 Å². The lowest BCUT2D eigenvalue weighted by Crippen LogP contribution is -2.49. The minimum Gasteiger partial charge on any atom is -0.463 e. The van der Waals surface area contributed by atoms with E-state index in [1.807, 2.05) is 59.5 Å². The van der Waals surface area contributed by atoms with Crippen LogP contribution in [0.5, 0.6) is 0 Å². The van der Waals surface area contributed by atoms with Crippen molar-refractivity contribution in [1.29, 1.82) is 0 Å². The van der Waals surface area contributed by atoms with Gasteiger partial charge in [0.05, 0.1) is 24.8 Å². The van der Waals surface area contributed by atoms with Gasteiger partial charge in [0, 0.05) is 54.8 Å². The average molecular weight is 662 g/mol. The molecular formula is C40H40ClN3O4. The van der Waals surface area contributed by atoms with Crippen LogP contribution >= 0.6 is 11.6 Å². The molecule has 0 spiro atoms. The molecule has 1 fully saturated rings. The van der Waals surface area contributed by atoms with Gasteiger partial charge in [0.15, 0.2) is 0 Å². The molecule has 1 saturated heterocycles. The van der Waals surface area contributed by atoms with Crippen LogP contribution in [-0.2, 0) is 20.9 Å². The number of esters is 1. The van der Waals surface area contributed by atoms with Crippen LogP contribution in [0.2, 0.25) is 5.02 Å². The number of carbonyl (C=O) groups excluding carboxylic acids is 3. The standard InChI is InChI=1S/C40H40ClN3O4/c1-3-48-40(47)37-28(2)44(36(45)26-34(37)33-19-10-11-20-35(33)41)27-29-13-12-18-32(25-29)39(46)43-23-21-42(22-24-43)38(30-14-6-4-7-15-30)31-16-8-5-9-17-31/h4-20,25,34,38H,3,21-24,26-27H2,1-2H3/t34-/m1/s1. The minimum absolute atomic E-state index is 0.0318. The summed E-state index contributed by atoms with van der Waals surface area (Å²) in [5, 5.41) is 0.501. The molecule has 4 aromatic carbocycles. The first-order valence-corrected chi connectivity index (χ1v) is 16.9. The molecule has 2 heterocycles. The molecule has 48 heavy (non-hydrogen) atoms. The highest BCUT2D eigenvalue weighted by Crippen LogP contribution is 2.40. The molecule has 2 aliphatic rings. The topological polar surface area (TPSA) is 70.2 Å². The molecule has 1 atom stereocenters. The number of benzene rings is 4. The van der Waals surface area contributed by atoms with Crippen LogP contribution in [-0.4, -0.2) is 65.3 Å². The number of carbonyl (C=O) groups is 3. The molecule has 0 radical (unpaired) electrons. The summed E-state index contributed by atoms with van der Waals surface area (Å²) in [5.41, 5.74) is 5.54. The van der Waals surface area contributed by atoms with Gasteiger partial charge in [-0.05, 0) is 54.3 Å². The number of piperazine rings is 1. The summed E-state index contributed by atoms with van der Waals surface area (Å²) < 4.78 is 5.44. The lowest BCUT2D eigenvalue weighted by molar-refractivity contribution is -0.140. The third-order valence-corrected chi connectivity index (χ3v) is 9.65. The third kappa shape index (κ3) is 7.08. The van der Waals surface area contributed by atoms with Gasteiger partial charge in [-0.3, -0.25) is 14.5 Å². The van der Waals surface area contributed by atoms with Crippen molar-refractivity contribution in [3.05, 3.63) is 153 Å². The number of hydrogen-bond acceptors (Lipinski definition) is 5. The van der Waals surface area contributed by atoms with E-state index < -0.39 is 11.9 Å². The Morgan fingerprint density at radius 1 is 0.833 bits per heavy atom. The van der Waals surface area contributed by atoms with Crippen LogP contribution in [0.4, 0.5) is 0 Å². The van der Waals surface area contributed by atoms with Gasteiger partial charge in [-0.2, -0.15) is 0 Å². The molecule has 0 aromatic heterocycles. The fraction of sp³-hybridized carbons (Fsp3) is 0.275. The Morgan fingerprint density at radius 2 is 1.46 bits per heavy atom. The van der Waals surface area contributed by atoms with Gasteiger partial charge >= 0.3 is 5.97 Å². The highest BCUT2D eigenvalue weighted by molar-refractivity contribution is 6.31. The van der Waals surface area contributed by atoms with E-state index in [4.69, 9.17) is 16.3 Å². The zero-order valence-corrected chi connectivity index (χ0v) is 28.1. The SMILES string of the molecule is CCOC(=O)C1=C(C)N(Cc2cccc(C(=O)N3CCN(C(c4ccccc4)c4ccccc4)CC3)c2)C(=O)C[C@@H]1c1ccccc1Cl. The van der Waals surface area contributed by atoms with Crippen LogP contribution in [0.25, 0.3) is 0 Å². The normalized spacial score (nSPS) is 17.2.